The zero-order chi connectivity index (χ0) is 9.84. The number of rotatable bonds is 3. The second-order valence-electron chi connectivity index (χ2n) is 2.66. The van der Waals surface area contributed by atoms with Crippen molar-refractivity contribution in [3.63, 3.8) is 0 Å². The van der Waals surface area contributed by atoms with Crippen LogP contribution in [0, 0.1) is 5.82 Å². The van der Waals surface area contributed by atoms with E-state index >= 15 is 0 Å². The minimum atomic E-state index is -1.39. The van der Waals surface area contributed by atoms with Gasteiger partial charge >= 0.3 is 0 Å². The molecule has 6 heteroatoms. The molecule has 0 spiro atoms. The summed E-state index contributed by atoms with van der Waals surface area (Å²) < 4.78 is 23.1. The average molecular weight is 203 g/mol. The van der Waals surface area contributed by atoms with E-state index in [4.69, 9.17) is 5.14 Å². The molecular formula is C7H10FN3OS. The van der Waals surface area contributed by atoms with Gasteiger partial charge in [0.2, 0.25) is 0 Å². The van der Waals surface area contributed by atoms with Crippen molar-refractivity contribution in [3.8, 4) is 0 Å². The fourth-order valence-electron chi connectivity index (χ4n) is 0.784. The zero-order valence-electron chi connectivity index (χ0n) is 7.11. The van der Waals surface area contributed by atoms with E-state index in [-0.39, 0.29) is 5.25 Å². The summed E-state index contributed by atoms with van der Waals surface area (Å²) in [5.41, 5.74) is 0. The van der Waals surface area contributed by atoms with E-state index in [1.807, 2.05) is 0 Å². The maximum Gasteiger partial charge on any atom is 0.159 e. The standard InChI is InChI=1S/C7H10FN3OS/c1-5(13(9)12)2-7-10-3-6(8)4-11-7/h3-5H,2,9H2,1H3/t5-,13?/m1/s1. The van der Waals surface area contributed by atoms with Crippen LogP contribution in [0.2, 0.25) is 0 Å². The van der Waals surface area contributed by atoms with Crippen molar-refractivity contribution < 1.29 is 8.60 Å². The highest BCUT2D eigenvalue weighted by molar-refractivity contribution is 7.83. The highest BCUT2D eigenvalue weighted by atomic mass is 32.2. The van der Waals surface area contributed by atoms with Gasteiger partial charge in [0.25, 0.3) is 0 Å². The van der Waals surface area contributed by atoms with Gasteiger partial charge in [0.05, 0.1) is 28.6 Å². The zero-order valence-corrected chi connectivity index (χ0v) is 7.92. The highest BCUT2D eigenvalue weighted by Gasteiger charge is 2.09. The summed E-state index contributed by atoms with van der Waals surface area (Å²) in [5.74, 6) is -0.0297. The second kappa shape index (κ2) is 4.38. The Morgan fingerprint density at radius 3 is 2.62 bits per heavy atom. The van der Waals surface area contributed by atoms with Crippen LogP contribution >= 0.6 is 0 Å². The molecule has 1 heterocycles. The lowest BCUT2D eigenvalue weighted by Crippen LogP contribution is -2.21. The first-order chi connectivity index (χ1) is 6.09. The average Bonchev–Trinajstić information content (AvgIpc) is 2.08. The van der Waals surface area contributed by atoms with Gasteiger partial charge in [-0.3, -0.25) is 5.14 Å². The SMILES string of the molecule is C[C@H](Cc1ncc(F)cn1)S(N)=O. The minimum Gasteiger partial charge on any atom is -0.252 e. The van der Waals surface area contributed by atoms with Crippen LogP contribution in [0.5, 0.6) is 0 Å². The number of aromatic nitrogens is 2. The Bertz CT molecular complexity index is 303. The third-order valence-corrected chi connectivity index (χ3v) is 2.50. The molecular weight excluding hydrogens is 193 g/mol. The summed E-state index contributed by atoms with van der Waals surface area (Å²) in [4.78, 5) is 7.45. The van der Waals surface area contributed by atoms with Gasteiger partial charge in [-0.05, 0) is 6.92 Å². The van der Waals surface area contributed by atoms with E-state index in [9.17, 15) is 8.60 Å². The molecule has 0 radical (unpaired) electrons. The molecule has 1 aromatic rings. The fourth-order valence-corrected chi connectivity index (χ4v) is 1.10. The van der Waals surface area contributed by atoms with Crippen molar-refractivity contribution in [2.75, 3.05) is 0 Å². The molecule has 4 nitrogen and oxygen atoms in total. The van der Waals surface area contributed by atoms with Crippen molar-refractivity contribution in [2.24, 2.45) is 5.14 Å². The van der Waals surface area contributed by atoms with E-state index in [0.29, 0.717) is 12.2 Å². The van der Waals surface area contributed by atoms with Gasteiger partial charge in [-0.15, -0.1) is 0 Å². The largest absolute Gasteiger partial charge is 0.252 e. The smallest absolute Gasteiger partial charge is 0.159 e. The Balaban J connectivity index is 2.64. The lowest BCUT2D eigenvalue weighted by atomic mass is 10.3. The van der Waals surface area contributed by atoms with E-state index < -0.39 is 16.8 Å². The molecule has 0 fully saturated rings. The lowest BCUT2D eigenvalue weighted by molar-refractivity contribution is 0.607. The quantitative estimate of drug-likeness (QED) is 0.761. The molecule has 0 aliphatic heterocycles. The molecule has 13 heavy (non-hydrogen) atoms. The predicted octanol–water partition coefficient (Wildman–Crippen LogP) is 0.169. The summed E-state index contributed by atoms with van der Waals surface area (Å²) in [6, 6.07) is 0. The number of nitrogens with zero attached hydrogens (tertiary/aromatic N) is 2. The van der Waals surface area contributed by atoms with Crippen LogP contribution in [-0.2, 0) is 17.4 Å². The second-order valence-corrected chi connectivity index (χ2v) is 4.12. The maximum absolute atomic E-state index is 12.4. The molecule has 1 unspecified atom stereocenters. The fraction of sp³-hybridized carbons (Fsp3) is 0.429. The molecule has 0 saturated heterocycles. The van der Waals surface area contributed by atoms with Crippen LogP contribution in [0.25, 0.3) is 0 Å². The van der Waals surface area contributed by atoms with E-state index in [1.165, 1.54) is 0 Å². The first-order valence-corrected chi connectivity index (χ1v) is 4.98. The minimum absolute atomic E-state index is 0.217. The molecule has 1 rings (SSSR count). The van der Waals surface area contributed by atoms with Crippen LogP contribution in [-0.4, -0.2) is 19.4 Å². The first kappa shape index (κ1) is 10.2. The summed E-state index contributed by atoms with van der Waals surface area (Å²) in [7, 11) is -1.39. The summed E-state index contributed by atoms with van der Waals surface area (Å²) in [6.07, 6.45) is 2.55. The number of hydrogen-bond acceptors (Lipinski definition) is 3. The van der Waals surface area contributed by atoms with E-state index in [2.05, 4.69) is 9.97 Å². The van der Waals surface area contributed by atoms with Crippen molar-refractivity contribution in [2.45, 2.75) is 18.6 Å². The van der Waals surface area contributed by atoms with Gasteiger partial charge < -0.3 is 0 Å². The third-order valence-electron chi connectivity index (χ3n) is 1.54. The van der Waals surface area contributed by atoms with E-state index in [1.54, 1.807) is 6.92 Å². The van der Waals surface area contributed by atoms with Crippen LogP contribution in [0.4, 0.5) is 4.39 Å². The molecule has 2 atom stereocenters. The van der Waals surface area contributed by atoms with Gasteiger partial charge in [0.1, 0.15) is 5.82 Å². The number of nitrogens with two attached hydrogens (primary N) is 1. The Kier molecular flexibility index (Phi) is 3.44. The third kappa shape index (κ3) is 3.16. The van der Waals surface area contributed by atoms with E-state index in [0.717, 1.165) is 12.4 Å². The summed E-state index contributed by atoms with van der Waals surface area (Å²) in [6.45, 7) is 1.73. The van der Waals surface area contributed by atoms with Crippen LogP contribution in [0.15, 0.2) is 12.4 Å². The van der Waals surface area contributed by atoms with Crippen LogP contribution in [0.3, 0.4) is 0 Å². The van der Waals surface area contributed by atoms with Gasteiger partial charge in [-0.1, -0.05) is 0 Å². The van der Waals surface area contributed by atoms with Gasteiger partial charge in [0.15, 0.2) is 5.82 Å². The predicted molar refractivity (Wildman–Crippen MR) is 47.5 cm³/mol. The van der Waals surface area contributed by atoms with Gasteiger partial charge in [-0.2, -0.15) is 0 Å². The van der Waals surface area contributed by atoms with Crippen molar-refractivity contribution in [1.29, 1.82) is 0 Å². The molecule has 0 amide bonds. The Morgan fingerprint density at radius 2 is 2.15 bits per heavy atom. The lowest BCUT2D eigenvalue weighted by Gasteiger charge is -2.05. The van der Waals surface area contributed by atoms with Crippen LogP contribution < -0.4 is 5.14 Å². The van der Waals surface area contributed by atoms with Crippen LogP contribution in [0.1, 0.15) is 12.7 Å². The molecule has 0 aromatic carbocycles. The van der Waals surface area contributed by atoms with Gasteiger partial charge in [0, 0.05) is 6.42 Å². The number of hydrogen-bond donors (Lipinski definition) is 1. The summed E-state index contributed by atoms with van der Waals surface area (Å²) in [5, 5.41) is 4.94. The topological polar surface area (TPSA) is 68.9 Å². The Morgan fingerprint density at radius 1 is 1.62 bits per heavy atom. The van der Waals surface area contributed by atoms with Crippen molar-refractivity contribution >= 4 is 11.0 Å². The molecule has 72 valence electrons. The normalized spacial score (nSPS) is 15.3. The monoisotopic (exact) mass is 203 g/mol. The number of halogens is 1. The first-order valence-electron chi connectivity index (χ1n) is 3.71. The molecule has 1 aromatic heterocycles. The summed E-state index contributed by atoms with van der Waals surface area (Å²) >= 11 is 0. The molecule has 0 aliphatic rings. The molecule has 0 aliphatic carbocycles. The molecule has 0 bridgehead atoms. The Hall–Kier alpha value is -0.880. The van der Waals surface area contributed by atoms with Gasteiger partial charge in [-0.25, -0.2) is 18.6 Å². The Labute approximate surface area is 78.0 Å². The van der Waals surface area contributed by atoms with Crippen molar-refractivity contribution in [3.05, 3.63) is 24.0 Å². The molecule has 0 saturated carbocycles. The molecule has 2 N–H and O–H groups in total. The highest BCUT2D eigenvalue weighted by Crippen LogP contribution is 2.00. The van der Waals surface area contributed by atoms with Crippen molar-refractivity contribution in [1.82, 2.24) is 9.97 Å². The maximum atomic E-state index is 12.4.